The van der Waals surface area contributed by atoms with Gasteiger partial charge in [0.15, 0.2) is 11.6 Å². The van der Waals surface area contributed by atoms with E-state index in [2.05, 4.69) is 6.58 Å². The van der Waals surface area contributed by atoms with Gasteiger partial charge in [-0.25, -0.2) is 13.6 Å². The van der Waals surface area contributed by atoms with Crippen LogP contribution in [0.25, 0.3) is 0 Å². The zero-order chi connectivity index (χ0) is 16.2. The average Bonchev–Trinajstić information content (AvgIpc) is 2.40. The van der Waals surface area contributed by atoms with Crippen LogP contribution in [0.15, 0.2) is 24.8 Å². The summed E-state index contributed by atoms with van der Waals surface area (Å²) < 4.78 is 26.1. The highest BCUT2D eigenvalue weighted by atomic mass is 19.2. The van der Waals surface area contributed by atoms with E-state index in [0.29, 0.717) is 6.07 Å². The molecule has 0 fully saturated rings. The molecule has 112 valence electrons. The molecule has 7 nitrogen and oxygen atoms in total. The standard InChI is InChI=1S/C12H10F2N2O5/c1-2-3-9(12(18)19)15-11(17)6-4-7(13)8(14)5-10(6)16(20)21/h2,4-5,9H,1,3H2,(H,15,17)(H,18,19). The van der Waals surface area contributed by atoms with E-state index < -0.39 is 45.7 Å². The van der Waals surface area contributed by atoms with Crippen molar-refractivity contribution in [3.05, 3.63) is 52.1 Å². The van der Waals surface area contributed by atoms with Gasteiger partial charge in [-0.15, -0.1) is 6.58 Å². The molecular formula is C12H10F2N2O5. The third kappa shape index (κ3) is 3.81. The van der Waals surface area contributed by atoms with Crippen LogP contribution in [-0.2, 0) is 4.79 Å². The Kier molecular flexibility index (Phi) is 5.06. The summed E-state index contributed by atoms with van der Waals surface area (Å²) in [5.41, 5.74) is -1.73. The molecule has 0 aliphatic carbocycles. The zero-order valence-corrected chi connectivity index (χ0v) is 10.5. The molecule has 0 saturated carbocycles. The summed E-state index contributed by atoms with van der Waals surface area (Å²) in [6.45, 7) is 3.30. The number of rotatable bonds is 6. The first-order chi connectivity index (χ1) is 9.77. The molecule has 0 heterocycles. The molecular weight excluding hydrogens is 290 g/mol. The van der Waals surface area contributed by atoms with Crippen molar-refractivity contribution in [2.24, 2.45) is 0 Å². The SMILES string of the molecule is C=CCC(NC(=O)c1cc(F)c(F)cc1[N+](=O)[O-])C(=O)O. The van der Waals surface area contributed by atoms with Crippen molar-refractivity contribution in [1.29, 1.82) is 0 Å². The predicted octanol–water partition coefficient (Wildman–Crippen LogP) is 1.63. The summed E-state index contributed by atoms with van der Waals surface area (Å²) in [6, 6.07) is -0.786. The zero-order valence-electron chi connectivity index (χ0n) is 10.5. The second-order valence-electron chi connectivity index (χ2n) is 3.93. The van der Waals surface area contributed by atoms with Crippen molar-refractivity contribution in [3.8, 4) is 0 Å². The number of nitrogens with zero attached hydrogens (tertiary/aromatic N) is 1. The molecule has 9 heteroatoms. The molecule has 0 radical (unpaired) electrons. The minimum atomic E-state index is -1.49. The van der Waals surface area contributed by atoms with Gasteiger partial charge in [0.05, 0.1) is 11.0 Å². The second kappa shape index (κ2) is 6.55. The van der Waals surface area contributed by atoms with Crippen LogP contribution in [0.1, 0.15) is 16.8 Å². The maximum absolute atomic E-state index is 13.1. The van der Waals surface area contributed by atoms with E-state index in [-0.39, 0.29) is 12.5 Å². The third-order valence-corrected chi connectivity index (χ3v) is 2.49. The summed E-state index contributed by atoms with van der Waals surface area (Å²) in [5, 5.41) is 21.6. The molecule has 2 N–H and O–H groups in total. The fraction of sp³-hybridized carbons (Fsp3) is 0.167. The van der Waals surface area contributed by atoms with E-state index in [1.54, 1.807) is 0 Å². The molecule has 1 atom stereocenters. The molecule has 1 aromatic rings. The molecule has 0 saturated heterocycles. The smallest absolute Gasteiger partial charge is 0.326 e. The first-order valence-corrected chi connectivity index (χ1v) is 5.56. The van der Waals surface area contributed by atoms with Gasteiger partial charge in [0.2, 0.25) is 0 Å². The van der Waals surface area contributed by atoms with E-state index in [0.717, 1.165) is 0 Å². The monoisotopic (exact) mass is 300 g/mol. The first-order valence-electron chi connectivity index (χ1n) is 5.56. The predicted molar refractivity (Wildman–Crippen MR) is 66.7 cm³/mol. The van der Waals surface area contributed by atoms with Crippen LogP contribution in [-0.4, -0.2) is 27.9 Å². The summed E-state index contributed by atoms with van der Waals surface area (Å²) in [7, 11) is 0. The number of nitro benzene ring substituents is 1. The lowest BCUT2D eigenvalue weighted by Crippen LogP contribution is -2.40. The number of benzene rings is 1. The van der Waals surface area contributed by atoms with Gasteiger partial charge >= 0.3 is 5.97 Å². The minimum absolute atomic E-state index is 0.140. The van der Waals surface area contributed by atoms with Crippen molar-refractivity contribution < 1.29 is 28.4 Å². The Hall–Kier alpha value is -2.84. The number of carboxylic acid groups (broad SMARTS) is 1. The van der Waals surface area contributed by atoms with Crippen LogP contribution in [0.5, 0.6) is 0 Å². The molecule has 1 rings (SSSR count). The Balaban J connectivity index is 3.17. The fourth-order valence-electron chi connectivity index (χ4n) is 1.49. The number of halogens is 2. The lowest BCUT2D eigenvalue weighted by Gasteiger charge is -2.12. The van der Waals surface area contributed by atoms with Crippen LogP contribution in [0.4, 0.5) is 14.5 Å². The Morgan fingerprint density at radius 3 is 2.48 bits per heavy atom. The quantitative estimate of drug-likeness (QED) is 0.471. The number of carboxylic acids is 1. The van der Waals surface area contributed by atoms with E-state index in [1.165, 1.54) is 6.08 Å². The Labute approximate surface area is 117 Å². The third-order valence-electron chi connectivity index (χ3n) is 2.49. The van der Waals surface area contributed by atoms with Crippen molar-refractivity contribution in [1.82, 2.24) is 5.32 Å². The largest absolute Gasteiger partial charge is 0.480 e. The molecule has 1 amide bonds. The maximum Gasteiger partial charge on any atom is 0.326 e. The normalized spacial score (nSPS) is 11.5. The first kappa shape index (κ1) is 16.2. The van der Waals surface area contributed by atoms with Gasteiger partial charge in [-0.05, 0) is 12.5 Å². The van der Waals surface area contributed by atoms with Crippen LogP contribution < -0.4 is 5.32 Å². The number of carbonyl (C=O) groups excluding carboxylic acids is 1. The Bertz CT molecular complexity index is 618. The van der Waals surface area contributed by atoms with Gasteiger partial charge in [0.1, 0.15) is 11.6 Å². The number of carbonyl (C=O) groups is 2. The number of nitro groups is 1. The molecule has 0 spiro atoms. The lowest BCUT2D eigenvalue weighted by atomic mass is 10.1. The number of hydrogen-bond donors (Lipinski definition) is 2. The summed E-state index contributed by atoms with van der Waals surface area (Å²) in [5.74, 6) is -5.54. The van der Waals surface area contributed by atoms with Crippen LogP contribution in [0, 0.1) is 21.7 Å². The van der Waals surface area contributed by atoms with E-state index in [4.69, 9.17) is 5.11 Å². The van der Waals surface area contributed by atoms with E-state index in [9.17, 15) is 28.5 Å². The van der Waals surface area contributed by atoms with Gasteiger partial charge in [-0.1, -0.05) is 6.08 Å². The summed E-state index contributed by atoms with van der Waals surface area (Å²) in [4.78, 5) is 32.4. The molecule has 0 aliphatic heterocycles. The second-order valence-corrected chi connectivity index (χ2v) is 3.93. The number of nitrogens with one attached hydrogen (secondary N) is 1. The van der Waals surface area contributed by atoms with E-state index >= 15 is 0 Å². The van der Waals surface area contributed by atoms with Gasteiger partial charge in [-0.2, -0.15) is 0 Å². The van der Waals surface area contributed by atoms with E-state index in [1.807, 2.05) is 5.32 Å². The lowest BCUT2D eigenvalue weighted by molar-refractivity contribution is -0.385. The van der Waals surface area contributed by atoms with Crippen LogP contribution in [0.3, 0.4) is 0 Å². The molecule has 21 heavy (non-hydrogen) atoms. The molecule has 1 aromatic carbocycles. The van der Waals surface area contributed by atoms with Crippen molar-refractivity contribution in [2.45, 2.75) is 12.5 Å². The highest BCUT2D eigenvalue weighted by Crippen LogP contribution is 2.22. The van der Waals surface area contributed by atoms with Crippen molar-refractivity contribution in [3.63, 3.8) is 0 Å². The number of hydrogen-bond acceptors (Lipinski definition) is 4. The number of amides is 1. The minimum Gasteiger partial charge on any atom is -0.480 e. The van der Waals surface area contributed by atoms with Crippen LogP contribution >= 0.6 is 0 Å². The highest BCUT2D eigenvalue weighted by Gasteiger charge is 2.27. The Morgan fingerprint density at radius 2 is 2.00 bits per heavy atom. The van der Waals surface area contributed by atoms with Crippen LogP contribution in [0.2, 0.25) is 0 Å². The molecule has 0 aromatic heterocycles. The van der Waals surface area contributed by atoms with Gasteiger partial charge in [0.25, 0.3) is 11.6 Å². The molecule has 1 unspecified atom stereocenters. The van der Waals surface area contributed by atoms with Gasteiger partial charge in [-0.3, -0.25) is 14.9 Å². The maximum atomic E-state index is 13.1. The number of aliphatic carboxylic acids is 1. The highest BCUT2D eigenvalue weighted by molar-refractivity contribution is 6.00. The van der Waals surface area contributed by atoms with Crippen molar-refractivity contribution >= 4 is 17.6 Å². The molecule has 0 bridgehead atoms. The van der Waals surface area contributed by atoms with Gasteiger partial charge in [0, 0.05) is 0 Å². The fourth-order valence-corrected chi connectivity index (χ4v) is 1.49. The average molecular weight is 300 g/mol. The Morgan fingerprint density at radius 1 is 1.43 bits per heavy atom. The van der Waals surface area contributed by atoms with Crippen molar-refractivity contribution in [2.75, 3.05) is 0 Å². The molecule has 0 aliphatic rings. The summed E-state index contributed by atoms with van der Waals surface area (Å²) >= 11 is 0. The summed E-state index contributed by atoms with van der Waals surface area (Å²) in [6.07, 6.45) is 1.08. The van der Waals surface area contributed by atoms with Gasteiger partial charge < -0.3 is 10.4 Å². The topological polar surface area (TPSA) is 110 Å².